The topological polar surface area (TPSA) is 43.8 Å². The van der Waals surface area contributed by atoms with E-state index < -0.39 is 11.2 Å². The van der Waals surface area contributed by atoms with Gasteiger partial charge in [0.1, 0.15) is 11.2 Å². The molecule has 0 saturated carbocycles. The predicted octanol–water partition coefficient (Wildman–Crippen LogP) is 1.44. The highest BCUT2D eigenvalue weighted by Gasteiger charge is 2.57. The quantitative estimate of drug-likeness (QED) is 0.733. The van der Waals surface area contributed by atoms with Gasteiger partial charge in [-0.2, -0.15) is 5.06 Å². The van der Waals surface area contributed by atoms with Crippen LogP contribution in [0.4, 0.5) is 0 Å². The SMILES string of the molecule is CCC1(C)C(=O)N(C)C(C)(CC)N1O. The van der Waals surface area contributed by atoms with Gasteiger partial charge < -0.3 is 10.1 Å². The zero-order valence-electron chi connectivity index (χ0n) is 9.66. The number of rotatable bonds is 2. The summed E-state index contributed by atoms with van der Waals surface area (Å²) in [6, 6.07) is 0. The van der Waals surface area contributed by atoms with E-state index in [9.17, 15) is 10.0 Å². The van der Waals surface area contributed by atoms with E-state index >= 15 is 0 Å². The summed E-state index contributed by atoms with van der Waals surface area (Å²) in [5.41, 5.74) is -1.33. The number of carbonyl (C=O) groups excluding carboxylic acids is 1. The summed E-state index contributed by atoms with van der Waals surface area (Å²) < 4.78 is 0. The summed E-state index contributed by atoms with van der Waals surface area (Å²) in [6.07, 6.45) is 1.32. The molecular weight excluding hydrogens is 180 g/mol. The van der Waals surface area contributed by atoms with Crippen molar-refractivity contribution < 1.29 is 10.0 Å². The maximum atomic E-state index is 12.0. The molecule has 2 unspecified atom stereocenters. The van der Waals surface area contributed by atoms with E-state index in [1.54, 1.807) is 18.9 Å². The Morgan fingerprint density at radius 3 is 2.00 bits per heavy atom. The molecule has 1 rings (SSSR count). The van der Waals surface area contributed by atoms with Crippen LogP contribution in [0.3, 0.4) is 0 Å². The molecule has 0 aliphatic carbocycles. The van der Waals surface area contributed by atoms with Crippen LogP contribution in [-0.4, -0.2) is 39.3 Å². The number of likely N-dealkylation sites (N-methyl/N-ethyl adjacent to an activating group) is 1. The summed E-state index contributed by atoms with van der Waals surface area (Å²) in [5, 5.41) is 11.3. The Kier molecular flexibility index (Phi) is 2.63. The summed E-state index contributed by atoms with van der Waals surface area (Å²) >= 11 is 0. The minimum atomic E-state index is -0.764. The van der Waals surface area contributed by atoms with Crippen LogP contribution in [-0.2, 0) is 4.79 Å². The van der Waals surface area contributed by atoms with Crippen LogP contribution in [0.2, 0.25) is 0 Å². The third kappa shape index (κ3) is 1.10. The standard InChI is InChI=1S/C10H20N2O2/c1-6-9(3)8(13)11(5)10(4,7-2)12(9)14/h14H,6-7H2,1-5H3. The van der Waals surface area contributed by atoms with Crippen molar-refractivity contribution in [1.82, 2.24) is 9.96 Å². The predicted molar refractivity (Wildman–Crippen MR) is 53.8 cm³/mol. The van der Waals surface area contributed by atoms with Gasteiger partial charge in [0, 0.05) is 7.05 Å². The Hall–Kier alpha value is -0.610. The van der Waals surface area contributed by atoms with Crippen molar-refractivity contribution in [3.05, 3.63) is 0 Å². The first-order valence-corrected chi connectivity index (χ1v) is 5.12. The van der Waals surface area contributed by atoms with Crippen LogP contribution in [0.5, 0.6) is 0 Å². The Bertz CT molecular complexity index is 257. The van der Waals surface area contributed by atoms with Crippen molar-refractivity contribution in [3.8, 4) is 0 Å². The van der Waals surface area contributed by atoms with Crippen LogP contribution >= 0.6 is 0 Å². The largest absolute Gasteiger partial charge is 0.324 e. The number of hydroxylamine groups is 2. The van der Waals surface area contributed by atoms with E-state index in [1.807, 2.05) is 20.8 Å². The number of hydrogen-bond donors (Lipinski definition) is 1. The molecule has 2 atom stereocenters. The second-order valence-corrected chi connectivity index (χ2v) is 4.37. The maximum absolute atomic E-state index is 12.0. The van der Waals surface area contributed by atoms with Gasteiger partial charge in [-0.15, -0.1) is 0 Å². The van der Waals surface area contributed by atoms with Crippen LogP contribution in [0.25, 0.3) is 0 Å². The third-order valence-corrected chi connectivity index (χ3v) is 3.77. The van der Waals surface area contributed by atoms with E-state index in [4.69, 9.17) is 0 Å². The molecule has 82 valence electrons. The summed E-state index contributed by atoms with van der Waals surface area (Å²) in [6.45, 7) is 7.54. The fourth-order valence-electron chi connectivity index (χ4n) is 2.03. The van der Waals surface area contributed by atoms with Crippen molar-refractivity contribution in [2.24, 2.45) is 0 Å². The molecule has 1 aliphatic rings. The lowest BCUT2D eigenvalue weighted by atomic mass is 9.98. The van der Waals surface area contributed by atoms with Crippen molar-refractivity contribution >= 4 is 5.91 Å². The molecule has 1 fully saturated rings. The lowest BCUT2D eigenvalue weighted by molar-refractivity contribution is -0.219. The minimum Gasteiger partial charge on any atom is -0.324 e. The molecule has 1 amide bonds. The van der Waals surface area contributed by atoms with Gasteiger partial charge in [0.25, 0.3) is 0 Å². The average Bonchev–Trinajstić information content (AvgIpc) is 2.33. The summed E-state index contributed by atoms with van der Waals surface area (Å²) in [5.74, 6) is -0.00755. The van der Waals surface area contributed by atoms with Crippen molar-refractivity contribution in [2.75, 3.05) is 7.05 Å². The van der Waals surface area contributed by atoms with Gasteiger partial charge in [0.05, 0.1) is 0 Å². The first-order valence-electron chi connectivity index (χ1n) is 5.12. The first-order chi connectivity index (χ1) is 6.34. The zero-order valence-corrected chi connectivity index (χ0v) is 9.66. The monoisotopic (exact) mass is 200 g/mol. The van der Waals surface area contributed by atoms with E-state index in [2.05, 4.69) is 0 Å². The van der Waals surface area contributed by atoms with E-state index in [0.717, 1.165) is 0 Å². The Balaban J connectivity index is 3.15. The third-order valence-electron chi connectivity index (χ3n) is 3.77. The molecule has 0 aromatic heterocycles. The van der Waals surface area contributed by atoms with Gasteiger partial charge in [-0.3, -0.25) is 4.79 Å². The highest BCUT2D eigenvalue weighted by molar-refractivity contribution is 5.88. The van der Waals surface area contributed by atoms with E-state index in [1.165, 1.54) is 5.06 Å². The second-order valence-electron chi connectivity index (χ2n) is 4.37. The zero-order chi connectivity index (χ0) is 11.1. The molecule has 0 spiro atoms. The minimum absolute atomic E-state index is 0.00755. The van der Waals surface area contributed by atoms with E-state index in [-0.39, 0.29) is 5.91 Å². The smallest absolute Gasteiger partial charge is 0.246 e. The number of nitrogens with zero attached hydrogens (tertiary/aromatic N) is 2. The number of carbonyl (C=O) groups is 1. The lowest BCUT2D eigenvalue weighted by Crippen LogP contribution is -2.52. The van der Waals surface area contributed by atoms with Crippen molar-refractivity contribution in [3.63, 3.8) is 0 Å². The molecule has 0 aromatic rings. The molecule has 14 heavy (non-hydrogen) atoms. The molecule has 0 aromatic carbocycles. The van der Waals surface area contributed by atoms with Crippen LogP contribution in [0, 0.1) is 0 Å². The maximum Gasteiger partial charge on any atom is 0.246 e. The van der Waals surface area contributed by atoms with Gasteiger partial charge in [-0.25, -0.2) is 0 Å². The summed E-state index contributed by atoms with van der Waals surface area (Å²) in [4.78, 5) is 13.6. The van der Waals surface area contributed by atoms with Crippen molar-refractivity contribution in [2.45, 2.75) is 51.7 Å². The summed E-state index contributed by atoms with van der Waals surface area (Å²) in [7, 11) is 1.75. The normalized spacial score (nSPS) is 39.6. The first kappa shape index (κ1) is 11.5. The lowest BCUT2D eigenvalue weighted by Gasteiger charge is -2.37. The Morgan fingerprint density at radius 1 is 1.29 bits per heavy atom. The van der Waals surface area contributed by atoms with E-state index in [0.29, 0.717) is 12.8 Å². The molecule has 1 N–H and O–H groups in total. The van der Waals surface area contributed by atoms with Crippen LogP contribution in [0.1, 0.15) is 40.5 Å². The Morgan fingerprint density at radius 2 is 1.79 bits per heavy atom. The highest BCUT2D eigenvalue weighted by atomic mass is 16.5. The van der Waals surface area contributed by atoms with Gasteiger partial charge in [-0.05, 0) is 26.7 Å². The van der Waals surface area contributed by atoms with Gasteiger partial charge in [-0.1, -0.05) is 13.8 Å². The Labute approximate surface area is 85.4 Å². The fraction of sp³-hybridized carbons (Fsp3) is 0.900. The van der Waals surface area contributed by atoms with Crippen LogP contribution in [0.15, 0.2) is 0 Å². The average molecular weight is 200 g/mol. The molecule has 1 saturated heterocycles. The van der Waals surface area contributed by atoms with Crippen molar-refractivity contribution in [1.29, 1.82) is 0 Å². The molecule has 4 nitrogen and oxygen atoms in total. The number of hydrogen-bond acceptors (Lipinski definition) is 3. The highest BCUT2D eigenvalue weighted by Crippen LogP contribution is 2.39. The van der Waals surface area contributed by atoms with Gasteiger partial charge in [0.2, 0.25) is 5.91 Å². The second kappa shape index (κ2) is 3.21. The van der Waals surface area contributed by atoms with Crippen LogP contribution < -0.4 is 0 Å². The molecule has 1 aliphatic heterocycles. The molecule has 1 heterocycles. The molecule has 0 bridgehead atoms. The van der Waals surface area contributed by atoms with Gasteiger partial charge in [0.15, 0.2) is 0 Å². The molecule has 0 radical (unpaired) electrons. The molecule has 4 heteroatoms. The fourth-order valence-corrected chi connectivity index (χ4v) is 2.03. The number of amides is 1. The van der Waals surface area contributed by atoms with Gasteiger partial charge >= 0.3 is 0 Å². The molecular formula is C10H20N2O2.